The molecule has 4 nitrogen and oxygen atoms in total. The number of ether oxygens (including phenoxy) is 1. The lowest BCUT2D eigenvalue weighted by Gasteiger charge is -2.11. The van der Waals surface area contributed by atoms with Crippen molar-refractivity contribution < 1.29 is 9.53 Å². The van der Waals surface area contributed by atoms with Crippen LogP contribution in [0.2, 0.25) is 0 Å². The number of nitrogens with one attached hydrogen (secondary N) is 1. The number of rotatable bonds is 4. The summed E-state index contributed by atoms with van der Waals surface area (Å²) in [5.74, 6) is 1.59. The lowest BCUT2D eigenvalue weighted by molar-refractivity contribution is -0.116. The largest absolute Gasteiger partial charge is 0.496 e. The molecule has 0 aliphatic rings. The SMILES string of the molecule is COc1cc(C)cc(C)c1-c1cnc(CC(C)=O)[nH]1. The van der Waals surface area contributed by atoms with Crippen LogP contribution in [0, 0.1) is 13.8 Å². The van der Waals surface area contributed by atoms with Gasteiger partial charge in [0.15, 0.2) is 0 Å². The Bertz CT molecular complexity index is 615. The molecule has 1 N–H and O–H groups in total. The third-order valence-electron chi connectivity index (χ3n) is 2.98. The molecule has 0 bridgehead atoms. The van der Waals surface area contributed by atoms with Crippen LogP contribution in [0.3, 0.4) is 0 Å². The van der Waals surface area contributed by atoms with Crippen molar-refractivity contribution in [1.82, 2.24) is 9.97 Å². The Morgan fingerprint density at radius 3 is 2.74 bits per heavy atom. The molecular formula is C15H18N2O2. The molecule has 100 valence electrons. The number of aryl methyl sites for hydroxylation is 2. The zero-order chi connectivity index (χ0) is 14.0. The Kier molecular flexibility index (Phi) is 3.69. The zero-order valence-corrected chi connectivity index (χ0v) is 11.7. The van der Waals surface area contributed by atoms with E-state index in [2.05, 4.69) is 16.0 Å². The maximum atomic E-state index is 11.1. The number of benzene rings is 1. The zero-order valence-electron chi connectivity index (χ0n) is 11.7. The summed E-state index contributed by atoms with van der Waals surface area (Å²) in [4.78, 5) is 18.5. The van der Waals surface area contributed by atoms with Gasteiger partial charge in [0.1, 0.15) is 17.4 Å². The molecule has 19 heavy (non-hydrogen) atoms. The molecule has 1 aromatic carbocycles. The van der Waals surface area contributed by atoms with E-state index in [1.165, 1.54) is 0 Å². The van der Waals surface area contributed by atoms with Gasteiger partial charge in [-0.15, -0.1) is 0 Å². The molecule has 0 radical (unpaired) electrons. The molecule has 2 aromatic rings. The van der Waals surface area contributed by atoms with E-state index in [4.69, 9.17) is 4.74 Å². The second-order valence-electron chi connectivity index (χ2n) is 4.78. The first kappa shape index (κ1) is 13.3. The second kappa shape index (κ2) is 5.26. The van der Waals surface area contributed by atoms with E-state index in [0.29, 0.717) is 12.2 Å². The summed E-state index contributed by atoms with van der Waals surface area (Å²) >= 11 is 0. The van der Waals surface area contributed by atoms with Gasteiger partial charge in [-0.3, -0.25) is 4.79 Å². The van der Waals surface area contributed by atoms with E-state index in [-0.39, 0.29) is 5.78 Å². The molecule has 0 fully saturated rings. The van der Waals surface area contributed by atoms with Gasteiger partial charge in [0, 0.05) is 5.56 Å². The van der Waals surface area contributed by atoms with E-state index in [1.807, 2.05) is 19.9 Å². The molecule has 0 aliphatic carbocycles. The molecule has 0 saturated heterocycles. The lowest BCUT2D eigenvalue weighted by atomic mass is 10.0. The van der Waals surface area contributed by atoms with Crippen molar-refractivity contribution in [2.24, 2.45) is 0 Å². The number of aromatic amines is 1. The second-order valence-corrected chi connectivity index (χ2v) is 4.78. The van der Waals surface area contributed by atoms with Gasteiger partial charge in [-0.05, 0) is 38.0 Å². The highest BCUT2D eigenvalue weighted by molar-refractivity contribution is 5.78. The highest BCUT2D eigenvalue weighted by atomic mass is 16.5. The predicted molar refractivity (Wildman–Crippen MR) is 74.4 cm³/mol. The monoisotopic (exact) mass is 258 g/mol. The number of nitrogens with zero attached hydrogens (tertiary/aromatic N) is 1. The summed E-state index contributed by atoms with van der Waals surface area (Å²) < 4.78 is 5.44. The number of carbonyl (C=O) groups is 1. The Hall–Kier alpha value is -2.10. The van der Waals surface area contributed by atoms with Crippen LogP contribution in [-0.4, -0.2) is 22.9 Å². The van der Waals surface area contributed by atoms with Crippen molar-refractivity contribution >= 4 is 5.78 Å². The smallest absolute Gasteiger partial charge is 0.137 e. The van der Waals surface area contributed by atoms with Crippen molar-refractivity contribution in [3.05, 3.63) is 35.3 Å². The van der Waals surface area contributed by atoms with Crippen molar-refractivity contribution in [2.45, 2.75) is 27.2 Å². The summed E-state index contributed by atoms with van der Waals surface area (Å²) in [6.07, 6.45) is 2.08. The van der Waals surface area contributed by atoms with Gasteiger partial charge in [-0.25, -0.2) is 4.98 Å². The maximum absolute atomic E-state index is 11.1. The van der Waals surface area contributed by atoms with Gasteiger partial charge in [-0.2, -0.15) is 0 Å². The van der Waals surface area contributed by atoms with Crippen LogP contribution >= 0.6 is 0 Å². The molecule has 2 rings (SSSR count). The molecule has 4 heteroatoms. The van der Waals surface area contributed by atoms with Crippen LogP contribution in [0.5, 0.6) is 5.75 Å². The van der Waals surface area contributed by atoms with E-state index in [1.54, 1.807) is 20.2 Å². The number of ketones is 1. The van der Waals surface area contributed by atoms with Crippen molar-refractivity contribution in [3.8, 4) is 17.0 Å². The lowest BCUT2D eigenvalue weighted by Crippen LogP contribution is -1.98. The van der Waals surface area contributed by atoms with E-state index in [9.17, 15) is 4.79 Å². The van der Waals surface area contributed by atoms with Crippen LogP contribution in [0.25, 0.3) is 11.3 Å². The average molecular weight is 258 g/mol. The fourth-order valence-corrected chi connectivity index (χ4v) is 2.25. The minimum absolute atomic E-state index is 0.0912. The number of Topliss-reactive ketones (excluding diaryl/α,β-unsaturated/α-hetero) is 1. The number of hydrogen-bond donors (Lipinski definition) is 1. The van der Waals surface area contributed by atoms with Gasteiger partial charge in [0.05, 0.1) is 25.4 Å². The molecule has 1 heterocycles. The fraction of sp³-hybridized carbons (Fsp3) is 0.333. The quantitative estimate of drug-likeness (QED) is 0.917. The van der Waals surface area contributed by atoms with Gasteiger partial charge in [0.2, 0.25) is 0 Å². The molecule has 0 saturated carbocycles. The van der Waals surface area contributed by atoms with E-state index >= 15 is 0 Å². The topological polar surface area (TPSA) is 55.0 Å². The van der Waals surface area contributed by atoms with Crippen LogP contribution < -0.4 is 4.74 Å². The number of methoxy groups -OCH3 is 1. The first-order valence-corrected chi connectivity index (χ1v) is 6.20. The highest BCUT2D eigenvalue weighted by Gasteiger charge is 2.13. The normalized spacial score (nSPS) is 10.5. The minimum atomic E-state index is 0.0912. The van der Waals surface area contributed by atoms with Crippen LogP contribution in [0.4, 0.5) is 0 Å². The van der Waals surface area contributed by atoms with Gasteiger partial charge in [-0.1, -0.05) is 6.07 Å². The molecule has 0 spiro atoms. The van der Waals surface area contributed by atoms with Crippen LogP contribution in [-0.2, 0) is 11.2 Å². The summed E-state index contributed by atoms with van der Waals surface area (Å²) in [7, 11) is 1.66. The molecule has 0 aliphatic heterocycles. The summed E-state index contributed by atoms with van der Waals surface area (Å²) in [6, 6.07) is 4.09. The fourth-order valence-electron chi connectivity index (χ4n) is 2.25. The molecule has 0 atom stereocenters. The number of imidazole rings is 1. The Labute approximate surface area is 112 Å². The Balaban J connectivity index is 2.46. The number of hydrogen-bond acceptors (Lipinski definition) is 3. The highest BCUT2D eigenvalue weighted by Crippen LogP contribution is 2.33. The predicted octanol–water partition coefficient (Wildman–Crippen LogP) is 2.83. The molecule has 0 amide bonds. The van der Waals surface area contributed by atoms with Gasteiger partial charge < -0.3 is 9.72 Å². The first-order chi connectivity index (χ1) is 9.01. The van der Waals surface area contributed by atoms with Gasteiger partial charge >= 0.3 is 0 Å². The Morgan fingerprint density at radius 2 is 2.11 bits per heavy atom. The maximum Gasteiger partial charge on any atom is 0.137 e. The minimum Gasteiger partial charge on any atom is -0.496 e. The van der Waals surface area contributed by atoms with Crippen LogP contribution in [0.15, 0.2) is 18.3 Å². The molecular weight excluding hydrogens is 240 g/mol. The van der Waals surface area contributed by atoms with Crippen molar-refractivity contribution in [3.63, 3.8) is 0 Å². The standard InChI is InChI=1S/C15H18N2O2/c1-9-5-10(2)15(13(6-9)19-4)12-8-16-14(17-12)7-11(3)18/h5-6,8H,7H2,1-4H3,(H,16,17). The van der Waals surface area contributed by atoms with Gasteiger partial charge in [0.25, 0.3) is 0 Å². The average Bonchev–Trinajstić information content (AvgIpc) is 2.74. The molecule has 0 unspecified atom stereocenters. The third kappa shape index (κ3) is 2.84. The number of aromatic nitrogens is 2. The summed E-state index contributed by atoms with van der Waals surface area (Å²) in [5.41, 5.74) is 4.15. The van der Waals surface area contributed by atoms with Crippen molar-refractivity contribution in [1.29, 1.82) is 0 Å². The number of H-pyrrole nitrogens is 1. The third-order valence-corrected chi connectivity index (χ3v) is 2.98. The molecule has 1 aromatic heterocycles. The van der Waals surface area contributed by atoms with Crippen LogP contribution in [0.1, 0.15) is 23.9 Å². The van der Waals surface area contributed by atoms with E-state index < -0.39 is 0 Å². The Morgan fingerprint density at radius 1 is 1.37 bits per heavy atom. The summed E-state index contributed by atoms with van der Waals surface area (Å²) in [6.45, 7) is 5.63. The first-order valence-electron chi connectivity index (χ1n) is 6.20. The number of carbonyl (C=O) groups excluding carboxylic acids is 1. The van der Waals surface area contributed by atoms with Crippen molar-refractivity contribution in [2.75, 3.05) is 7.11 Å². The van der Waals surface area contributed by atoms with E-state index in [0.717, 1.165) is 28.1 Å². The summed E-state index contributed by atoms with van der Waals surface area (Å²) in [5, 5.41) is 0.